The van der Waals surface area contributed by atoms with Crippen LogP contribution in [0.5, 0.6) is 0 Å². The van der Waals surface area contributed by atoms with E-state index in [0.29, 0.717) is 26.3 Å². The Bertz CT molecular complexity index is 569. The average Bonchev–Trinajstić information content (AvgIpc) is 2.58. The summed E-state index contributed by atoms with van der Waals surface area (Å²) in [5, 5.41) is 3.23. The van der Waals surface area contributed by atoms with Gasteiger partial charge in [-0.3, -0.25) is 4.79 Å². The van der Waals surface area contributed by atoms with Crippen LogP contribution in [0.4, 0.5) is 0 Å². The lowest BCUT2D eigenvalue weighted by Gasteiger charge is -2.40. The number of hydrogen-bond acceptors (Lipinski definition) is 4. The summed E-state index contributed by atoms with van der Waals surface area (Å²) in [6, 6.07) is 6.47. The molecular formula is C18H26N2O3. The zero-order valence-corrected chi connectivity index (χ0v) is 14.2. The first-order chi connectivity index (χ1) is 11.1. The van der Waals surface area contributed by atoms with Crippen LogP contribution in [0.1, 0.15) is 29.7 Å². The molecule has 2 aliphatic rings. The third-order valence-corrected chi connectivity index (χ3v) is 4.70. The average molecular weight is 318 g/mol. The topological polar surface area (TPSA) is 50.8 Å². The van der Waals surface area contributed by atoms with Crippen LogP contribution in [0.15, 0.2) is 18.2 Å². The van der Waals surface area contributed by atoms with Gasteiger partial charge in [-0.2, -0.15) is 0 Å². The molecule has 5 nitrogen and oxygen atoms in total. The van der Waals surface area contributed by atoms with Crippen LogP contribution < -0.4 is 5.32 Å². The van der Waals surface area contributed by atoms with E-state index in [1.165, 1.54) is 16.7 Å². The largest absolute Gasteiger partial charge is 0.370 e. The predicted octanol–water partition coefficient (Wildman–Crippen LogP) is 1.58. The van der Waals surface area contributed by atoms with Gasteiger partial charge in [0.25, 0.3) is 5.91 Å². The van der Waals surface area contributed by atoms with E-state index in [1.54, 1.807) is 0 Å². The summed E-state index contributed by atoms with van der Waals surface area (Å²) in [5.41, 5.74) is 3.60. The first-order valence-corrected chi connectivity index (χ1v) is 8.38. The Kier molecular flexibility index (Phi) is 4.99. The number of benzene rings is 1. The Morgan fingerprint density at radius 3 is 2.87 bits per heavy atom. The Labute approximate surface area is 137 Å². The number of aryl methyl sites for hydroxylation is 2. The van der Waals surface area contributed by atoms with Crippen LogP contribution >= 0.6 is 0 Å². The number of hydrogen-bond donors (Lipinski definition) is 1. The second-order valence-electron chi connectivity index (χ2n) is 6.59. The van der Waals surface area contributed by atoms with Gasteiger partial charge in [0.15, 0.2) is 0 Å². The van der Waals surface area contributed by atoms with Crippen molar-refractivity contribution in [2.75, 3.05) is 32.8 Å². The fraction of sp³-hybridized carbons (Fsp3) is 0.611. The molecule has 2 saturated heterocycles. The number of nitrogens with one attached hydrogen (secondary N) is 1. The van der Waals surface area contributed by atoms with Crippen molar-refractivity contribution in [2.45, 2.75) is 39.0 Å². The molecule has 1 aromatic carbocycles. The van der Waals surface area contributed by atoms with Gasteiger partial charge >= 0.3 is 0 Å². The highest BCUT2D eigenvalue weighted by Gasteiger charge is 2.35. The fourth-order valence-corrected chi connectivity index (χ4v) is 3.27. The third-order valence-electron chi connectivity index (χ3n) is 4.70. The number of amides is 1. The molecule has 0 aliphatic carbocycles. The minimum absolute atomic E-state index is 0.0633. The molecule has 0 radical (unpaired) electrons. The van der Waals surface area contributed by atoms with E-state index in [1.807, 2.05) is 11.8 Å². The van der Waals surface area contributed by atoms with Gasteiger partial charge in [-0.1, -0.05) is 23.8 Å². The standard InChI is InChI=1S/C18H26N2O3/c1-12-4-5-13(2)15(8-12)17-10-20(14(3)11-23-17)18(21)16-9-19-6-7-22-16/h4-5,8,14,16-17,19H,6-7,9-11H2,1-3H3. The molecule has 3 rings (SSSR count). The van der Waals surface area contributed by atoms with Gasteiger partial charge in [-0.05, 0) is 31.9 Å². The summed E-state index contributed by atoms with van der Waals surface area (Å²) in [7, 11) is 0. The summed E-state index contributed by atoms with van der Waals surface area (Å²) in [5.74, 6) is 0.0725. The molecule has 5 heteroatoms. The number of nitrogens with zero attached hydrogens (tertiary/aromatic N) is 1. The van der Waals surface area contributed by atoms with Crippen LogP contribution in [0.3, 0.4) is 0 Å². The second kappa shape index (κ2) is 6.99. The van der Waals surface area contributed by atoms with Crippen LogP contribution in [-0.4, -0.2) is 55.8 Å². The van der Waals surface area contributed by atoms with Crippen molar-refractivity contribution in [3.05, 3.63) is 34.9 Å². The van der Waals surface area contributed by atoms with Crippen molar-refractivity contribution < 1.29 is 14.3 Å². The molecule has 23 heavy (non-hydrogen) atoms. The maximum Gasteiger partial charge on any atom is 0.253 e. The smallest absolute Gasteiger partial charge is 0.253 e. The SMILES string of the molecule is Cc1ccc(C)c(C2CN(C(=O)C3CNCCO3)C(C)CO2)c1. The molecule has 1 N–H and O–H groups in total. The monoisotopic (exact) mass is 318 g/mol. The molecule has 3 unspecified atom stereocenters. The fourth-order valence-electron chi connectivity index (χ4n) is 3.27. The summed E-state index contributed by atoms with van der Waals surface area (Å²) in [4.78, 5) is 14.7. The van der Waals surface area contributed by atoms with E-state index < -0.39 is 0 Å². The molecule has 2 heterocycles. The second-order valence-corrected chi connectivity index (χ2v) is 6.59. The Balaban J connectivity index is 1.76. The van der Waals surface area contributed by atoms with Gasteiger partial charge in [0, 0.05) is 13.1 Å². The molecule has 0 bridgehead atoms. The van der Waals surface area contributed by atoms with Crippen molar-refractivity contribution in [3.63, 3.8) is 0 Å². The first-order valence-electron chi connectivity index (χ1n) is 8.38. The quantitative estimate of drug-likeness (QED) is 0.899. The normalized spacial score (nSPS) is 28.7. The number of rotatable bonds is 2. The number of carbonyl (C=O) groups excluding carboxylic acids is 1. The van der Waals surface area contributed by atoms with Crippen molar-refractivity contribution in [3.8, 4) is 0 Å². The molecule has 0 saturated carbocycles. The maximum absolute atomic E-state index is 12.8. The number of carbonyl (C=O) groups is 1. The number of ether oxygens (including phenoxy) is 2. The minimum atomic E-state index is -0.372. The lowest BCUT2D eigenvalue weighted by molar-refractivity contribution is -0.158. The van der Waals surface area contributed by atoms with Crippen molar-refractivity contribution in [2.24, 2.45) is 0 Å². The minimum Gasteiger partial charge on any atom is -0.370 e. The van der Waals surface area contributed by atoms with E-state index in [4.69, 9.17) is 9.47 Å². The molecule has 1 amide bonds. The van der Waals surface area contributed by atoms with Crippen LogP contribution in [0.25, 0.3) is 0 Å². The van der Waals surface area contributed by atoms with Gasteiger partial charge in [0.05, 0.1) is 25.8 Å². The molecule has 0 aromatic heterocycles. The first kappa shape index (κ1) is 16.4. The highest BCUT2D eigenvalue weighted by molar-refractivity contribution is 5.81. The Morgan fingerprint density at radius 1 is 1.30 bits per heavy atom. The van der Waals surface area contributed by atoms with Crippen molar-refractivity contribution in [1.29, 1.82) is 0 Å². The summed E-state index contributed by atoms with van der Waals surface area (Å²) in [6.07, 6.45) is -0.435. The van der Waals surface area contributed by atoms with Crippen LogP contribution in [0.2, 0.25) is 0 Å². The van der Waals surface area contributed by atoms with E-state index in [2.05, 4.69) is 37.4 Å². The van der Waals surface area contributed by atoms with E-state index in [0.717, 1.165) is 6.54 Å². The molecule has 2 aliphatic heterocycles. The van der Waals surface area contributed by atoms with Gasteiger partial charge in [0.2, 0.25) is 0 Å². The Hall–Kier alpha value is -1.43. The molecule has 2 fully saturated rings. The van der Waals surface area contributed by atoms with Crippen LogP contribution in [0, 0.1) is 13.8 Å². The van der Waals surface area contributed by atoms with E-state index in [-0.39, 0.29) is 24.2 Å². The predicted molar refractivity (Wildman–Crippen MR) is 88.4 cm³/mol. The maximum atomic E-state index is 12.8. The van der Waals surface area contributed by atoms with Gasteiger partial charge in [-0.25, -0.2) is 0 Å². The molecule has 1 aromatic rings. The van der Waals surface area contributed by atoms with Gasteiger partial charge in [-0.15, -0.1) is 0 Å². The third kappa shape index (κ3) is 3.57. The Morgan fingerprint density at radius 2 is 2.13 bits per heavy atom. The van der Waals surface area contributed by atoms with E-state index in [9.17, 15) is 4.79 Å². The highest BCUT2D eigenvalue weighted by atomic mass is 16.5. The zero-order chi connectivity index (χ0) is 16.4. The van der Waals surface area contributed by atoms with Gasteiger partial charge < -0.3 is 19.7 Å². The molecule has 3 atom stereocenters. The molecule has 0 spiro atoms. The summed E-state index contributed by atoms with van der Waals surface area (Å²) < 4.78 is 11.7. The zero-order valence-electron chi connectivity index (χ0n) is 14.2. The van der Waals surface area contributed by atoms with Crippen LogP contribution in [-0.2, 0) is 14.3 Å². The van der Waals surface area contributed by atoms with Crippen molar-refractivity contribution in [1.82, 2.24) is 10.2 Å². The lowest BCUT2D eigenvalue weighted by atomic mass is 9.98. The van der Waals surface area contributed by atoms with Gasteiger partial charge in [0.1, 0.15) is 12.2 Å². The van der Waals surface area contributed by atoms with E-state index >= 15 is 0 Å². The summed E-state index contributed by atoms with van der Waals surface area (Å²) >= 11 is 0. The summed E-state index contributed by atoms with van der Waals surface area (Å²) in [6.45, 7) is 9.36. The molecular weight excluding hydrogens is 292 g/mol. The number of morpholine rings is 2. The lowest BCUT2D eigenvalue weighted by Crippen LogP contribution is -2.55. The molecule has 126 valence electrons. The highest BCUT2D eigenvalue weighted by Crippen LogP contribution is 2.28. The van der Waals surface area contributed by atoms with Crippen molar-refractivity contribution >= 4 is 5.91 Å².